The van der Waals surface area contributed by atoms with E-state index in [2.05, 4.69) is 16.4 Å². The highest BCUT2D eigenvalue weighted by Crippen LogP contribution is 2.28. The van der Waals surface area contributed by atoms with Crippen molar-refractivity contribution in [2.75, 3.05) is 7.05 Å². The molecule has 5 heteroatoms. The van der Waals surface area contributed by atoms with Gasteiger partial charge in [-0.3, -0.25) is 0 Å². The van der Waals surface area contributed by atoms with Crippen LogP contribution in [-0.2, 0) is 6.42 Å². The first-order valence-corrected chi connectivity index (χ1v) is 7.83. The van der Waals surface area contributed by atoms with E-state index in [0.717, 1.165) is 20.8 Å². The van der Waals surface area contributed by atoms with Crippen LogP contribution < -0.4 is 5.32 Å². The number of benzene rings is 2. The lowest BCUT2D eigenvalue weighted by Gasteiger charge is -2.13. The molecule has 0 saturated heterocycles. The van der Waals surface area contributed by atoms with Gasteiger partial charge in [0.25, 0.3) is 0 Å². The van der Waals surface area contributed by atoms with Crippen molar-refractivity contribution < 1.29 is 4.39 Å². The minimum absolute atomic E-state index is 0.0419. The molecule has 0 aliphatic rings. The summed E-state index contributed by atoms with van der Waals surface area (Å²) in [7, 11) is 1.89. The summed E-state index contributed by atoms with van der Waals surface area (Å²) in [5, 5.41) is 4.67. The van der Waals surface area contributed by atoms with Crippen molar-refractivity contribution in [3.63, 3.8) is 0 Å². The smallest absolute Gasteiger partial charge is 0.124 e. The number of aromatic nitrogens is 1. The van der Waals surface area contributed by atoms with Gasteiger partial charge in [-0.2, -0.15) is 0 Å². The van der Waals surface area contributed by atoms with Crippen molar-refractivity contribution in [3.8, 4) is 0 Å². The van der Waals surface area contributed by atoms with E-state index in [9.17, 15) is 4.39 Å². The molecule has 0 radical (unpaired) electrons. The molecule has 3 aromatic rings. The molecule has 108 valence electrons. The van der Waals surface area contributed by atoms with Gasteiger partial charge in [0, 0.05) is 5.02 Å². The van der Waals surface area contributed by atoms with Crippen molar-refractivity contribution in [2.45, 2.75) is 12.5 Å². The second-order valence-electron chi connectivity index (χ2n) is 4.84. The number of para-hydroxylation sites is 1. The molecule has 3 rings (SSSR count). The van der Waals surface area contributed by atoms with Gasteiger partial charge in [0.2, 0.25) is 0 Å². The van der Waals surface area contributed by atoms with Crippen LogP contribution in [0.15, 0.2) is 42.5 Å². The van der Waals surface area contributed by atoms with E-state index in [0.29, 0.717) is 11.4 Å². The molecule has 0 amide bonds. The first-order chi connectivity index (χ1) is 10.2. The Morgan fingerprint density at radius 2 is 2.10 bits per heavy atom. The minimum Gasteiger partial charge on any atom is -0.311 e. The van der Waals surface area contributed by atoms with E-state index < -0.39 is 0 Å². The predicted molar refractivity (Wildman–Crippen MR) is 86.5 cm³/mol. The van der Waals surface area contributed by atoms with Crippen molar-refractivity contribution in [3.05, 3.63) is 63.9 Å². The maximum Gasteiger partial charge on any atom is 0.124 e. The molecule has 0 spiro atoms. The van der Waals surface area contributed by atoms with E-state index in [1.54, 1.807) is 17.4 Å². The molecular formula is C16H14ClFN2S. The summed E-state index contributed by atoms with van der Waals surface area (Å²) in [6, 6.07) is 12.7. The van der Waals surface area contributed by atoms with Crippen LogP contribution in [0.5, 0.6) is 0 Å². The lowest BCUT2D eigenvalue weighted by atomic mass is 10.1. The van der Waals surface area contributed by atoms with Gasteiger partial charge in [0.15, 0.2) is 0 Å². The molecule has 0 saturated carbocycles. The molecule has 21 heavy (non-hydrogen) atoms. The Morgan fingerprint density at radius 1 is 1.29 bits per heavy atom. The second kappa shape index (κ2) is 6.10. The van der Waals surface area contributed by atoms with E-state index in [1.165, 1.54) is 12.1 Å². The van der Waals surface area contributed by atoms with Crippen molar-refractivity contribution in [1.82, 2.24) is 10.3 Å². The molecule has 0 aliphatic heterocycles. The molecule has 1 aromatic heterocycles. The van der Waals surface area contributed by atoms with Gasteiger partial charge < -0.3 is 5.32 Å². The number of halogens is 2. The number of nitrogens with zero attached hydrogens (tertiary/aromatic N) is 1. The molecule has 0 fully saturated rings. The Hall–Kier alpha value is -1.49. The minimum atomic E-state index is -0.309. The van der Waals surface area contributed by atoms with E-state index in [4.69, 9.17) is 11.6 Å². The number of nitrogens with one attached hydrogen (secondary N) is 1. The fourth-order valence-electron chi connectivity index (χ4n) is 2.32. The van der Waals surface area contributed by atoms with Crippen molar-refractivity contribution in [1.29, 1.82) is 0 Å². The third-order valence-electron chi connectivity index (χ3n) is 3.32. The molecule has 1 heterocycles. The number of hydrogen-bond donors (Lipinski definition) is 1. The lowest BCUT2D eigenvalue weighted by Crippen LogP contribution is -2.18. The summed E-state index contributed by atoms with van der Waals surface area (Å²) < 4.78 is 14.6. The Balaban J connectivity index is 1.90. The number of fused-ring (bicyclic) bond motifs is 1. The van der Waals surface area contributed by atoms with Crippen LogP contribution in [0.4, 0.5) is 4.39 Å². The molecule has 1 N–H and O–H groups in total. The van der Waals surface area contributed by atoms with Gasteiger partial charge in [-0.25, -0.2) is 9.37 Å². The number of rotatable bonds is 4. The van der Waals surface area contributed by atoms with Gasteiger partial charge >= 0.3 is 0 Å². The van der Waals surface area contributed by atoms with Gasteiger partial charge in [0.05, 0.1) is 16.3 Å². The molecule has 0 aliphatic carbocycles. The zero-order valence-corrected chi connectivity index (χ0v) is 13.0. The third kappa shape index (κ3) is 3.23. The zero-order valence-electron chi connectivity index (χ0n) is 11.4. The molecule has 0 bridgehead atoms. The Kier molecular flexibility index (Phi) is 4.19. The van der Waals surface area contributed by atoms with Crippen LogP contribution in [-0.4, -0.2) is 12.0 Å². The summed E-state index contributed by atoms with van der Waals surface area (Å²) in [5.74, 6) is -0.309. The molecule has 1 unspecified atom stereocenters. The number of likely N-dealkylation sites (N-methyl/N-ethyl adjacent to an activating group) is 1. The second-order valence-corrected chi connectivity index (χ2v) is 6.34. The summed E-state index contributed by atoms with van der Waals surface area (Å²) in [5.41, 5.74) is 1.86. The van der Waals surface area contributed by atoms with E-state index in [-0.39, 0.29) is 11.9 Å². The average molecular weight is 321 g/mol. The van der Waals surface area contributed by atoms with E-state index >= 15 is 0 Å². The quantitative estimate of drug-likeness (QED) is 0.760. The summed E-state index contributed by atoms with van der Waals surface area (Å²) >= 11 is 7.57. The lowest BCUT2D eigenvalue weighted by molar-refractivity contribution is 0.582. The summed E-state index contributed by atoms with van der Waals surface area (Å²) in [6.45, 7) is 0. The fraction of sp³-hybridized carbons (Fsp3) is 0.188. The van der Waals surface area contributed by atoms with Gasteiger partial charge in [-0.15, -0.1) is 11.3 Å². The van der Waals surface area contributed by atoms with Crippen LogP contribution in [0.3, 0.4) is 0 Å². The van der Waals surface area contributed by atoms with E-state index in [1.807, 2.05) is 25.2 Å². The summed E-state index contributed by atoms with van der Waals surface area (Å²) in [4.78, 5) is 4.65. The van der Waals surface area contributed by atoms with Gasteiger partial charge in [-0.05, 0) is 49.4 Å². The van der Waals surface area contributed by atoms with Crippen LogP contribution in [0.25, 0.3) is 10.2 Å². The maximum atomic E-state index is 13.4. The van der Waals surface area contributed by atoms with Crippen LogP contribution in [0.1, 0.15) is 16.6 Å². The maximum absolute atomic E-state index is 13.4. The highest BCUT2D eigenvalue weighted by atomic mass is 35.5. The first-order valence-electron chi connectivity index (χ1n) is 6.63. The number of thiazole rings is 1. The number of hydrogen-bond acceptors (Lipinski definition) is 3. The molecule has 2 aromatic carbocycles. The summed E-state index contributed by atoms with van der Waals surface area (Å²) in [6.07, 6.45) is 0.647. The van der Waals surface area contributed by atoms with Gasteiger partial charge in [-0.1, -0.05) is 23.7 Å². The van der Waals surface area contributed by atoms with Crippen LogP contribution in [0, 0.1) is 5.82 Å². The standard InChI is InChI=1S/C16H14ClFN2S/c1-19-14(8-10-6-11(17)9-12(18)7-10)16-20-13-4-2-3-5-15(13)21-16/h2-7,9,14,19H,8H2,1H3. The predicted octanol–water partition coefficient (Wildman–Crippen LogP) is 4.59. The Morgan fingerprint density at radius 3 is 2.81 bits per heavy atom. The molecular weight excluding hydrogens is 307 g/mol. The monoisotopic (exact) mass is 320 g/mol. The normalized spacial score (nSPS) is 12.7. The largest absolute Gasteiger partial charge is 0.311 e. The highest BCUT2D eigenvalue weighted by Gasteiger charge is 2.15. The average Bonchev–Trinajstić information content (AvgIpc) is 2.87. The molecule has 2 nitrogen and oxygen atoms in total. The van der Waals surface area contributed by atoms with Gasteiger partial charge in [0.1, 0.15) is 10.8 Å². The highest BCUT2D eigenvalue weighted by molar-refractivity contribution is 7.18. The fourth-order valence-corrected chi connectivity index (χ4v) is 3.64. The third-order valence-corrected chi connectivity index (χ3v) is 4.69. The Bertz CT molecular complexity index is 719. The first kappa shape index (κ1) is 14.4. The zero-order chi connectivity index (χ0) is 14.8. The van der Waals surface area contributed by atoms with Crippen molar-refractivity contribution >= 4 is 33.2 Å². The Labute approximate surface area is 131 Å². The molecule has 1 atom stereocenters. The van der Waals surface area contributed by atoms with Crippen molar-refractivity contribution in [2.24, 2.45) is 0 Å². The topological polar surface area (TPSA) is 24.9 Å². The van der Waals surface area contributed by atoms with Crippen LogP contribution >= 0.6 is 22.9 Å². The van der Waals surface area contributed by atoms with Crippen LogP contribution in [0.2, 0.25) is 5.02 Å². The SMILES string of the molecule is CNC(Cc1cc(F)cc(Cl)c1)c1nc2ccccc2s1.